The van der Waals surface area contributed by atoms with E-state index in [0.29, 0.717) is 34.2 Å². The van der Waals surface area contributed by atoms with Crippen LogP contribution in [0.15, 0.2) is 59.0 Å². The maximum absolute atomic E-state index is 9.47. The number of hydrogen-bond donors (Lipinski definition) is 0. The predicted octanol–water partition coefficient (Wildman–Crippen LogP) is 5.24. The van der Waals surface area contributed by atoms with E-state index < -0.39 is 0 Å². The predicted molar refractivity (Wildman–Crippen MR) is 112 cm³/mol. The Bertz CT molecular complexity index is 972. The molecule has 0 aliphatic carbocycles. The molecule has 0 N–H and O–H groups in total. The van der Waals surface area contributed by atoms with Crippen molar-refractivity contribution in [3.8, 4) is 11.8 Å². The van der Waals surface area contributed by atoms with Crippen LogP contribution in [0, 0.1) is 17.2 Å². The number of ether oxygens (including phenoxy) is 1. The molecule has 148 valence electrons. The lowest BCUT2D eigenvalue weighted by Crippen LogP contribution is -2.34. The van der Waals surface area contributed by atoms with Gasteiger partial charge in [0.2, 0.25) is 17.5 Å². The van der Waals surface area contributed by atoms with Crippen molar-refractivity contribution in [3.05, 3.63) is 76.8 Å². The average molecular weight is 408 g/mol. The summed E-state index contributed by atoms with van der Waals surface area (Å²) in [7, 11) is 0. The van der Waals surface area contributed by atoms with Crippen molar-refractivity contribution in [2.75, 3.05) is 18.0 Å². The van der Waals surface area contributed by atoms with Gasteiger partial charge in [0.25, 0.3) is 0 Å². The van der Waals surface area contributed by atoms with Crippen LogP contribution in [0.4, 0.5) is 5.88 Å². The van der Waals surface area contributed by atoms with Crippen molar-refractivity contribution in [2.45, 2.75) is 25.9 Å². The Hall–Kier alpha value is -2.97. The molecule has 0 unspecified atom stereocenters. The number of anilines is 1. The molecule has 0 saturated carbocycles. The summed E-state index contributed by atoms with van der Waals surface area (Å²) in [4.78, 5) is 6.43. The minimum atomic E-state index is 0.167. The fourth-order valence-corrected chi connectivity index (χ4v) is 3.79. The summed E-state index contributed by atoms with van der Waals surface area (Å²) in [6.07, 6.45) is 3.23. The summed E-state index contributed by atoms with van der Waals surface area (Å²) in [5.41, 5.74) is 1.70. The zero-order valence-electron chi connectivity index (χ0n) is 16.1. The molecule has 5 nitrogen and oxygen atoms in total. The van der Waals surface area contributed by atoms with Gasteiger partial charge < -0.3 is 14.1 Å². The SMILES string of the molecule is N#Cc1nc(COc2ccc(Cl)cc2)oc1N1CCC(Cc2ccccc2)CC1. The summed E-state index contributed by atoms with van der Waals surface area (Å²) in [5, 5.41) is 10.1. The largest absolute Gasteiger partial charge is 0.484 e. The van der Waals surface area contributed by atoms with E-state index >= 15 is 0 Å². The van der Waals surface area contributed by atoms with Crippen LogP contribution in [-0.4, -0.2) is 18.1 Å². The van der Waals surface area contributed by atoms with Gasteiger partial charge in [0, 0.05) is 18.1 Å². The minimum Gasteiger partial charge on any atom is -0.484 e. The second kappa shape index (κ2) is 9.02. The van der Waals surface area contributed by atoms with E-state index in [9.17, 15) is 5.26 Å². The third-order valence-electron chi connectivity index (χ3n) is 5.20. The smallest absolute Gasteiger partial charge is 0.236 e. The molecule has 1 aromatic heterocycles. The Morgan fingerprint density at radius 2 is 1.83 bits per heavy atom. The molecular weight excluding hydrogens is 386 g/mol. The van der Waals surface area contributed by atoms with E-state index in [4.69, 9.17) is 20.8 Å². The monoisotopic (exact) mass is 407 g/mol. The van der Waals surface area contributed by atoms with Crippen molar-refractivity contribution in [3.63, 3.8) is 0 Å². The average Bonchev–Trinajstić information content (AvgIpc) is 3.18. The molecule has 6 heteroatoms. The number of hydrogen-bond acceptors (Lipinski definition) is 5. The molecule has 2 aromatic carbocycles. The van der Waals surface area contributed by atoms with Gasteiger partial charge in [-0.2, -0.15) is 10.2 Å². The van der Waals surface area contributed by atoms with Crippen molar-refractivity contribution >= 4 is 17.5 Å². The number of oxazole rings is 1. The topological polar surface area (TPSA) is 62.3 Å². The highest BCUT2D eigenvalue weighted by Crippen LogP contribution is 2.29. The van der Waals surface area contributed by atoms with E-state index in [-0.39, 0.29) is 6.61 Å². The number of halogens is 1. The van der Waals surface area contributed by atoms with E-state index in [2.05, 4.69) is 40.2 Å². The van der Waals surface area contributed by atoms with Gasteiger partial charge in [-0.1, -0.05) is 41.9 Å². The second-order valence-corrected chi connectivity index (χ2v) is 7.67. The zero-order chi connectivity index (χ0) is 20.1. The first-order valence-electron chi connectivity index (χ1n) is 9.78. The van der Waals surface area contributed by atoms with Crippen LogP contribution >= 0.6 is 11.6 Å². The van der Waals surface area contributed by atoms with Gasteiger partial charge in [0.1, 0.15) is 11.8 Å². The number of nitriles is 1. The number of aromatic nitrogens is 1. The standard InChI is InChI=1S/C23H22ClN3O2/c24-19-6-8-20(9-7-19)28-16-22-26-21(15-25)23(29-22)27-12-10-18(11-13-27)14-17-4-2-1-3-5-17/h1-9,18H,10-14,16H2. The molecule has 1 aliphatic heterocycles. The molecule has 2 heterocycles. The molecule has 3 aromatic rings. The van der Waals surface area contributed by atoms with Gasteiger partial charge in [-0.15, -0.1) is 0 Å². The molecule has 0 bridgehead atoms. The molecule has 0 amide bonds. The van der Waals surface area contributed by atoms with Crippen LogP contribution < -0.4 is 9.64 Å². The summed E-state index contributed by atoms with van der Waals surface area (Å²) < 4.78 is 11.6. The Morgan fingerprint density at radius 3 is 2.52 bits per heavy atom. The first-order chi connectivity index (χ1) is 14.2. The minimum absolute atomic E-state index is 0.167. The van der Waals surface area contributed by atoms with E-state index in [1.165, 1.54) is 5.56 Å². The van der Waals surface area contributed by atoms with Gasteiger partial charge in [-0.05, 0) is 55.0 Å². The Morgan fingerprint density at radius 1 is 1.10 bits per heavy atom. The molecular formula is C23H22ClN3O2. The number of nitrogens with zero attached hydrogens (tertiary/aromatic N) is 3. The fraction of sp³-hybridized carbons (Fsp3) is 0.304. The van der Waals surface area contributed by atoms with Crippen LogP contribution in [0.1, 0.15) is 30.0 Å². The quantitative estimate of drug-likeness (QED) is 0.559. The highest BCUT2D eigenvalue weighted by Gasteiger charge is 2.25. The molecule has 1 fully saturated rings. The van der Waals surface area contributed by atoms with Crippen molar-refractivity contribution in [1.29, 1.82) is 5.26 Å². The summed E-state index contributed by atoms with van der Waals surface area (Å²) >= 11 is 5.89. The van der Waals surface area contributed by atoms with Crippen LogP contribution in [0.2, 0.25) is 5.02 Å². The molecule has 0 radical (unpaired) electrons. The number of benzene rings is 2. The number of piperidine rings is 1. The third kappa shape index (κ3) is 4.90. The van der Waals surface area contributed by atoms with Gasteiger partial charge in [-0.25, -0.2) is 0 Å². The molecule has 0 atom stereocenters. The first-order valence-corrected chi connectivity index (χ1v) is 10.2. The lowest BCUT2D eigenvalue weighted by molar-refractivity contribution is 0.262. The molecule has 4 rings (SSSR count). The summed E-state index contributed by atoms with van der Waals surface area (Å²) in [6, 6.07) is 19.8. The van der Waals surface area contributed by atoms with Gasteiger partial charge in [-0.3, -0.25) is 0 Å². The van der Waals surface area contributed by atoms with Crippen LogP contribution in [0.3, 0.4) is 0 Å². The lowest BCUT2D eigenvalue weighted by Gasteiger charge is -2.31. The highest BCUT2D eigenvalue weighted by molar-refractivity contribution is 6.30. The van der Waals surface area contributed by atoms with Crippen molar-refractivity contribution in [1.82, 2.24) is 4.98 Å². The van der Waals surface area contributed by atoms with Gasteiger partial charge in [0.05, 0.1) is 0 Å². The first kappa shape index (κ1) is 19.4. The molecule has 29 heavy (non-hydrogen) atoms. The highest BCUT2D eigenvalue weighted by atomic mass is 35.5. The fourth-order valence-electron chi connectivity index (χ4n) is 3.67. The van der Waals surface area contributed by atoms with Gasteiger partial charge in [0.15, 0.2) is 6.61 Å². The Labute approximate surface area is 175 Å². The zero-order valence-corrected chi connectivity index (χ0v) is 16.8. The second-order valence-electron chi connectivity index (χ2n) is 7.24. The maximum Gasteiger partial charge on any atom is 0.236 e. The van der Waals surface area contributed by atoms with E-state index in [1.807, 2.05) is 6.07 Å². The summed E-state index contributed by atoms with van der Waals surface area (Å²) in [6.45, 7) is 1.89. The maximum atomic E-state index is 9.47. The Kier molecular flexibility index (Phi) is 6.02. The third-order valence-corrected chi connectivity index (χ3v) is 5.46. The van der Waals surface area contributed by atoms with E-state index in [0.717, 1.165) is 32.4 Å². The molecule has 0 spiro atoms. The summed E-state index contributed by atoms with van der Waals surface area (Å²) in [5.74, 6) is 2.28. The normalized spacial score (nSPS) is 14.6. The van der Waals surface area contributed by atoms with Crippen molar-refractivity contribution < 1.29 is 9.15 Å². The number of rotatable bonds is 6. The molecule has 1 aliphatic rings. The van der Waals surface area contributed by atoms with Crippen molar-refractivity contribution in [2.24, 2.45) is 5.92 Å². The Balaban J connectivity index is 1.36. The van der Waals surface area contributed by atoms with Crippen LogP contribution in [-0.2, 0) is 13.0 Å². The van der Waals surface area contributed by atoms with Crippen LogP contribution in [0.25, 0.3) is 0 Å². The molecule has 1 saturated heterocycles. The van der Waals surface area contributed by atoms with Crippen LogP contribution in [0.5, 0.6) is 5.75 Å². The van der Waals surface area contributed by atoms with Gasteiger partial charge >= 0.3 is 0 Å². The lowest BCUT2D eigenvalue weighted by atomic mass is 9.90. The van der Waals surface area contributed by atoms with E-state index in [1.54, 1.807) is 24.3 Å².